The van der Waals surface area contributed by atoms with Crippen molar-refractivity contribution >= 4 is 22.4 Å². The number of carbonyl (C=O) groups excluding carboxylic acids is 1. The van der Waals surface area contributed by atoms with E-state index in [1.807, 2.05) is 16.5 Å². The lowest BCUT2D eigenvalue weighted by molar-refractivity contribution is -0.129. The van der Waals surface area contributed by atoms with Crippen molar-refractivity contribution in [3.05, 3.63) is 22.5 Å². The van der Waals surface area contributed by atoms with Crippen LogP contribution in [0.3, 0.4) is 0 Å². The van der Waals surface area contributed by atoms with Crippen LogP contribution in [0.1, 0.15) is 28.9 Å². The van der Waals surface area contributed by atoms with Gasteiger partial charge in [0.25, 0.3) is 0 Å². The SMILES string of the molecule is Cc1cc(C)n([C@H]2CCN(C(=O)Cc3nnc(N)s3)C2)n1. The molecule has 8 heteroatoms. The molecule has 0 aliphatic carbocycles. The van der Waals surface area contributed by atoms with Crippen molar-refractivity contribution in [3.63, 3.8) is 0 Å². The maximum absolute atomic E-state index is 12.3. The summed E-state index contributed by atoms with van der Waals surface area (Å²) in [6.45, 7) is 5.50. The van der Waals surface area contributed by atoms with Gasteiger partial charge in [-0.25, -0.2) is 0 Å². The summed E-state index contributed by atoms with van der Waals surface area (Å²) in [5.41, 5.74) is 7.69. The molecule has 2 aromatic heterocycles. The van der Waals surface area contributed by atoms with Gasteiger partial charge in [0, 0.05) is 18.8 Å². The van der Waals surface area contributed by atoms with Crippen LogP contribution in [-0.2, 0) is 11.2 Å². The van der Waals surface area contributed by atoms with Crippen molar-refractivity contribution in [3.8, 4) is 0 Å². The highest BCUT2D eigenvalue weighted by Gasteiger charge is 2.29. The maximum Gasteiger partial charge on any atom is 0.229 e. The van der Waals surface area contributed by atoms with Gasteiger partial charge in [-0.05, 0) is 26.3 Å². The summed E-state index contributed by atoms with van der Waals surface area (Å²) in [7, 11) is 0. The van der Waals surface area contributed by atoms with Crippen LogP contribution in [0.25, 0.3) is 0 Å². The van der Waals surface area contributed by atoms with Gasteiger partial charge in [-0.1, -0.05) is 11.3 Å². The van der Waals surface area contributed by atoms with Gasteiger partial charge in [0.15, 0.2) is 0 Å². The van der Waals surface area contributed by atoms with Gasteiger partial charge in [0.05, 0.1) is 18.2 Å². The molecule has 21 heavy (non-hydrogen) atoms. The average molecular weight is 306 g/mol. The van der Waals surface area contributed by atoms with E-state index >= 15 is 0 Å². The van der Waals surface area contributed by atoms with Crippen LogP contribution in [0.4, 0.5) is 5.13 Å². The fraction of sp³-hybridized carbons (Fsp3) is 0.538. The third kappa shape index (κ3) is 2.90. The monoisotopic (exact) mass is 306 g/mol. The molecule has 7 nitrogen and oxygen atoms in total. The highest BCUT2D eigenvalue weighted by atomic mass is 32.1. The second-order valence-electron chi connectivity index (χ2n) is 5.36. The Bertz CT molecular complexity index is 663. The first kappa shape index (κ1) is 14.0. The van der Waals surface area contributed by atoms with E-state index < -0.39 is 0 Å². The van der Waals surface area contributed by atoms with Gasteiger partial charge in [-0.2, -0.15) is 5.10 Å². The van der Waals surface area contributed by atoms with Crippen molar-refractivity contribution in [1.82, 2.24) is 24.9 Å². The largest absolute Gasteiger partial charge is 0.374 e. The first-order chi connectivity index (χ1) is 10.0. The van der Waals surface area contributed by atoms with Crippen LogP contribution in [0.2, 0.25) is 0 Å². The Morgan fingerprint density at radius 1 is 1.48 bits per heavy atom. The van der Waals surface area contributed by atoms with E-state index in [0.29, 0.717) is 16.7 Å². The predicted molar refractivity (Wildman–Crippen MR) is 80.0 cm³/mol. The number of amides is 1. The topological polar surface area (TPSA) is 89.9 Å². The Morgan fingerprint density at radius 3 is 2.90 bits per heavy atom. The molecule has 2 aromatic rings. The number of aromatic nitrogens is 4. The number of nitrogens with two attached hydrogens (primary N) is 1. The lowest BCUT2D eigenvalue weighted by Gasteiger charge is -2.16. The van der Waals surface area contributed by atoms with Crippen LogP contribution in [-0.4, -0.2) is 43.9 Å². The number of rotatable bonds is 3. The molecule has 1 fully saturated rings. The standard InChI is InChI=1S/C13H18N6OS/c1-8-5-9(2)19(17-8)10-3-4-18(7-10)12(20)6-11-15-16-13(14)21-11/h5,10H,3-4,6-7H2,1-2H3,(H2,14,16)/t10-/m0/s1. The first-order valence-electron chi connectivity index (χ1n) is 6.91. The lowest BCUT2D eigenvalue weighted by Crippen LogP contribution is -2.30. The average Bonchev–Trinajstić information content (AvgIpc) is 3.10. The zero-order chi connectivity index (χ0) is 15.0. The highest BCUT2D eigenvalue weighted by molar-refractivity contribution is 7.15. The van der Waals surface area contributed by atoms with Crippen molar-refractivity contribution in [2.45, 2.75) is 32.7 Å². The molecule has 112 valence electrons. The van der Waals surface area contributed by atoms with Crippen molar-refractivity contribution in [2.75, 3.05) is 18.8 Å². The zero-order valence-electron chi connectivity index (χ0n) is 12.1. The predicted octanol–water partition coefficient (Wildman–Crippen LogP) is 0.950. The molecule has 1 aliphatic heterocycles. The van der Waals surface area contributed by atoms with Crippen molar-refractivity contribution in [2.24, 2.45) is 0 Å². The Labute approximate surface area is 126 Å². The fourth-order valence-corrected chi connectivity index (χ4v) is 3.36. The maximum atomic E-state index is 12.3. The second kappa shape index (κ2) is 5.44. The molecule has 0 bridgehead atoms. The van der Waals surface area contributed by atoms with Crippen LogP contribution >= 0.6 is 11.3 Å². The second-order valence-corrected chi connectivity index (χ2v) is 6.46. The van der Waals surface area contributed by atoms with E-state index in [1.54, 1.807) is 0 Å². The van der Waals surface area contributed by atoms with Gasteiger partial charge in [0.1, 0.15) is 5.01 Å². The van der Waals surface area contributed by atoms with E-state index in [4.69, 9.17) is 5.73 Å². The van der Waals surface area contributed by atoms with E-state index in [2.05, 4.69) is 28.3 Å². The van der Waals surface area contributed by atoms with Gasteiger partial charge < -0.3 is 10.6 Å². The van der Waals surface area contributed by atoms with Crippen LogP contribution in [0.5, 0.6) is 0 Å². The molecule has 1 amide bonds. The minimum absolute atomic E-state index is 0.0789. The summed E-state index contributed by atoms with van der Waals surface area (Å²) >= 11 is 1.27. The smallest absolute Gasteiger partial charge is 0.229 e. The number of likely N-dealkylation sites (tertiary alicyclic amines) is 1. The molecule has 0 radical (unpaired) electrons. The summed E-state index contributed by atoms with van der Waals surface area (Å²) in [5, 5.41) is 13.2. The Kier molecular flexibility index (Phi) is 3.62. The Morgan fingerprint density at radius 2 is 2.29 bits per heavy atom. The zero-order valence-corrected chi connectivity index (χ0v) is 12.9. The molecule has 1 saturated heterocycles. The molecule has 0 unspecified atom stereocenters. The normalized spacial score (nSPS) is 18.4. The molecule has 1 aliphatic rings. The van der Waals surface area contributed by atoms with Crippen LogP contribution < -0.4 is 5.73 Å². The number of carbonyl (C=O) groups is 1. The number of nitrogens with zero attached hydrogens (tertiary/aromatic N) is 5. The third-order valence-corrected chi connectivity index (χ3v) is 4.44. The summed E-state index contributed by atoms with van der Waals surface area (Å²) in [6, 6.07) is 2.33. The molecule has 3 rings (SSSR count). The van der Waals surface area contributed by atoms with E-state index in [9.17, 15) is 4.79 Å². The number of anilines is 1. The first-order valence-corrected chi connectivity index (χ1v) is 7.73. The molecule has 0 spiro atoms. The number of hydrogen-bond donors (Lipinski definition) is 1. The van der Waals surface area contributed by atoms with Gasteiger partial charge >= 0.3 is 0 Å². The van der Waals surface area contributed by atoms with Crippen LogP contribution in [0.15, 0.2) is 6.07 Å². The summed E-state index contributed by atoms with van der Waals surface area (Å²) in [4.78, 5) is 14.2. The van der Waals surface area contributed by atoms with Crippen molar-refractivity contribution in [1.29, 1.82) is 0 Å². The molecule has 0 saturated carbocycles. The Balaban J connectivity index is 1.64. The fourth-order valence-electron chi connectivity index (χ4n) is 2.76. The van der Waals surface area contributed by atoms with Crippen LogP contribution in [0, 0.1) is 13.8 Å². The number of aryl methyl sites for hydroxylation is 2. The van der Waals surface area contributed by atoms with Gasteiger partial charge in [-0.15, -0.1) is 10.2 Å². The third-order valence-electron chi connectivity index (χ3n) is 3.69. The quantitative estimate of drug-likeness (QED) is 0.912. The molecule has 1 atom stereocenters. The highest BCUT2D eigenvalue weighted by Crippen LogP contribution is 2.24. The van der Waals surface area contributed by atoms with Crippen molar-refractivity contribution < 1.29 is 4.79 Å². The lowest BCUT2D eigenvalue weighted by atomic mass is 10.2. The summed E-state index contributed by atoms with van der Waals surface area (Å²) in [5.74, 6) is 0.0789. The number of nitrogen functional groups attached to an aromatic ring is 1. The molecule has 2 N–H and O–H groups in total. The molecule has 0 aromatic carbocycles. The van der Waals surface area contributed by atoms with E-state index in [0.717, 1.165) is 24.4 Å². The Hall–Kier alpha value is -1.96. The number of hydrogen-bond acceptors (Lipinski definition) is 6. The van der Waals surface area contributed by atoms with E-state index in [1.165, 1.54) is 11.3 Å². The summed E-state index contributed by atoms with van der Waals surface area (Å²) < 4.78 is 2.03. The van der Waals surface area contributed by atoms with Gasteiger partial charge in [0.2, 0.25) is 11.0 Å². The summed E-state index contributed by atoms with van der Waals surface area (Å²) in [6.07, 6.45) is 1.21. The minimum atomic E-state index is 0.0789. The van der Waals surface area contributed by atoms with Gasteiger partial charge in [-0.3, -0.25) is 9.48 Å². The minimum Gasteiger partial charge on any atom is -0.374 e. The van der Waals surface area contributed by atoms with E-state index in [-0.39, 0.29) is 18.4 Å². The molecular formula is C13H18N6OS. The molecular weight excluding hydrogens is 288 g/mol. The molecule has 3 heterocycles.